The molecule has 0 saturated heterocycles. The van der Waals surface area contributed by atoms with Crippen molar-refractivity contribution in [1.82, 2.24) is 15.3 Å². The van der Waals surface area contributed by atoms with Gasteiger partial charge in [-0.3, -0.25) is 0 Å². The quantitative estimate of drug-likeness (QED) is 0.864. The zero-order chi connectivity index (χ0) is 13.5. The molecule has 0 spiro atoms. The van der Waals surface area contributed by atoms with Crippen LogP contribution in [0.15, 0.2) is 42.7 Å². The van der Waals surface area contributed by atoms with Gasteiger partial charge in [0.25, 0.3) is 0 Å². The minimum Gasteiger partial charge on any atom is -0.486 e. The number of ether oxygens (including phenoxy) is 1. The van der Waals surface area contributed by atoms with E-state index in [1.54, 1.807) is 18.5 Å². The van der Waals surface area contributed by atoms with Crippen molar-refractivity contribution in [2.24, 2.45) is 0 Å². The van der Waals surface area contributed by atoms with Crippen LogP contribution in [0.1, 0.15) is 25.2 Å². The maximum absolute atomic E-state index is 5.63. The summed E-state index contributed by atoms with van der Waals surface area (Å²) < 4.78 is 5.63. The molecule has 100 valence electrons. The molecule has 0 amide bonds. The van der Waals surface area contributed by atoms with E-state index in [1.165, 1.54) is 5.56 Å². The van der Waals surface area contributed by atoms with Gasteiger partial charge in [-0.15, -0.1) is 0 Å². The lowest BCUT2D eigenvalue weighted by Gasteiger charge is -2.09. The lowest BCUT2D eigenvalue weighted by Crippen LogP contribution is -2.21. The Balaban J connectivity index is 1.85. The summed E-state index contributed by atoms with van der Waals surface area (Å²) in [5.74, 6) is 1.52. The van der Waals surface area contributed by atoms with Crippen molar-refractivity contribution in [2.45, 2.75) is 33.0 Å². The molecule has 2 rings (SSSR count). The number of benzene rings is 1. The first-order valence-corrected chi connectivity index (χ1v) is 6.45. The SMILES string of the molecule is CC(C)NCc1ccc(OCc2ncccn2)cc1. The van der Waals surface area contributed by atoms with Crippen LogP contribution in [0, 0.1) is 0 Å². The van der Waals surface area contributed by atoms with Crippen molar-refractivity contribution in [3.05, 3.63) is 54.1 Å². The zero-order valence-corrected chi connectivity index (χ0v) is 11.3. The van der Waals surface area contributed by atoms with Crippen LogP contribution in [-0.4, -0.2) is 16.0 Å². The molecule has 0 fully saturated rings. The van der Waals surface area contributed by atoms with Gasteiger partial charge in [0.2, 0.25) is 0 Å². The standard InChI is InChI=1S/C15H19N3O/c1-12(2)18-10-13-4-6-14(7-5-13)19-11-15-16-8-3-9-17-15/h3-9,12,18H,10-11H2,1-2H3. The molecule has 1 heterocycles. The summed E-state index contributed by atoms with van der Waals surface area (Å²) in [5.41, 5.74) is 1.25. The predicted molar refractivity (Wildman–Crippen MR) is 74.8 cm³/mol. The van der Waals surface area contributed by atoms with E-state index < -0.39 is 0 Å². The number of hydrogen-bond acceptors (Lipinski definition) is 4. The van der Waals surface area contributed by atoms with Gasteiger partial charge in [0, 0.05) is 25.0 Å². The van der Waals surface area contributed by atoms with Crippen LogP contribution in [0.3, 0.4) is 0 Å². The highest BCUT2D eigenvalue weighted by Gasteiger charge is 1.99. The fourth-order valence-corrected chi connectivity index (χ4v) is 1.58. The molecule has 0 saturated carbocycles. The third-order valence-corrected chi connectivity index (χ3v) is 2.62. The smallest absolute Gasteiger partial charge is 0.166 e. The first-order chi connectivity index (χ1) is 9.24. The maximum Gasteiger partial charge on any atom is 0.166 e. The Morgan fingerprint density at radius 1 is 1.11 bits per heavy atom. The summed E-state index contributed by atoms with van der Waals surface area (Å²) in [4.78, 5) is 8.23. The molecule has 4 nitrogen and oxygen atoms in total. The first kappa shape index (κ1) is 13.5. The Bertz CT molecular complexity index is 483. The van der Waals surface area contributed by atoms with Crippen LogP contribution < -0.4 is 10.1 Å². The van der Waals surface area contributed by atoms with E-state index in [-0.39, 0.29) is 0 Å². The summed E-state index contributed by atoms with van der Waals surface area (Å²) in [7, 11) is 0. The van der Waals surface area contributed by atoms with Crippen LogP contribution >= 0.6 is 0 Å². The second-order valence-electron chi connectivity index (χ2n) is 4.63. The molecule has 1 aromatic heterocycles. The molecule has 4 heteroatoms. The molecule has 0 aliphatic rings. The topological polar surface area (TPSA) is 47.0 Å². The number of aromatic nitrogens is 2. The summed E-state index contributed by atoms with van der Waals surface area (Å²) in [5, 5.41) is 3.38. The van der Waals surface area contributed by atoms with Crippen LogP contribution in [0.2, 0.25) is 0 Å². The molecule has 1 aromatic carbocycles. The van der Waals surface area contributed by atoms with Crippen molar-refractivity contribution in [1.29, 1.82) is 0 Å². The molecule has 0 radical (unpaired) electrons. The molecule has 0 unspecified atom stereocenters. The number of rotatable bonds is 6. The van der Waals surface area contributed by atoms with E-state index in [0.29, 0.717) is 18.5 Å². The van der Waals surface area contributed by atoms with Crippen LogP contribution in [-0.2, 0) is 13.2 Å². The molecule has 0 atom stereocenters. The third kappa shape index (κ3) is 4.67. The Kier molecular flexibility index (Phi) is 4.86. The zero-order valence-electron chi connectivity index (χ0n) is 11.3. The van der Waals surface area contributed by atoms with Gasteiger partial charge in [-0.1, -0.05) is 26.0 Å². The summed E-state index contributed by atoms with van der Waals surface area (Å²) in [6.07, 6.45) is 3.43. The van der Waals surface area contributed by atoms with Crippen molar-refractivity contribution >= 4 is 0 Å². The van der Waals surface area contributed by atoms with Crippen LogP contribution in [0.4, 0.5) is 0 Å². The highest BCUT2D eigenvalue weighted by atomic mass is 16.5. The Labute approximate surface area is 113 Å². The van der Waals surface area contributed by atoms with Gasteiger partial charge in [-0.05, 0) is 23.8 Å². The van der Waals surface area contributed by atoms with Crippen LogP contribution in [0.5, 0.6) is 5.75 Å². The summed E-state index contributed by atoms with van der Waals surface area (Å²) in [6, 6.07) is 10.4. The second kappa shape index (κ2) is 6.85. The molecule has 19 heavy (non-hydrogen) atoms. The summed E-state index contributed by atoms with van der Waals surface area (Å²) in [6.45, 7) is 5.54. The average molecular weight is 257 g/mol. The van der Waals surface area contributed by atoms with E-state index in [9.17, 15) is 0 Å². The highest BCUT2D eigenvalue weighted by molar-refractivity contribution is 5.27. The van der Waals surface area contributed by atoms with E-state index in [1.807, 2.05) is 12.1 Å². The van der Waals surface area contributed by atoms with Gasteiger partial charge in [-0.25, -0.2) is 9.97 Å². The molecule has 1 N–H and O–H groups in total. The largest absolute Gasteiger partial charge is 0.486 e. The minimum atomic E-state index is 0.393. The lowest BCUT2D eigenvalue weighted by atomic mass is 10.2. The van der Waals surface area contributed by atoms with E-state index in [4.69, 9.17) is 4.74 Å². The van der Waals surface area contributed by atoms with E-state index >= 15 is 0 Å². The number of nitrogens with one attached hydrogen (secondary N) is 1. The van der Waals surface area contributed by atoms with Gasteiger partial charge in [-0.2, -0.15) is 0 Å². The molecular weight excluding hydrogens is 238 g/mol. The number of nitrogens with zero attached hydrogens (tertiary/aromatic N) is 2. The second-order valence-corrected chi connectivity index (χ2v) is 4.63. The van der Waals surface area contributed by atoms with Crippen LogP contribution in [0.25, 0.3) is 0 Å². The summed E-state index contributed by atoms with van der Waals surface area (Å²) >= 11 is 0. The molecule has 0 bridgehead atoms. The normalized spacial score (nSPS) is 10.7. The Morgan fingerprint density at radius 2 is 1.79 bits per heavy atom. The third-order valence-electron chi connectivity index (χ3n) is 2.62. The molecular formula is C15H19N3O. The fourth-order valence-electron chi connectivity index (χ4n) is 1.58. The monoisotopic (exact) mass is 257 g/mol. The van der Waals surface area contributed by atoms with Gasteiger partial charge in [0.05, 0.1) is 0 Å². The highest BCUT2D eigenvalue weighted by Crippen LogP contribution is 2.13. The lowest BCUT2D eigenvalue weighted by molar-refractivity contribution is 0.295. The van der Waals surface area contributed by atoms with Gasteiger partial charge >= 0.3 is 0 Å². The Morgan fingerprint density at radius 3 is 2.42 bits per heavy atom. The van der Waals surface area contributed by atoms with Gasteiger partial charge < -0.3 is 10.1 Å². The first-order valence-electron chi connectivity index (χ1n) is 6.45. The minimum absolute atomic E-state index is 0.393. The van der Waals surface area contributed by atoms with Crippen molar-refractivity contribution < 1.29 is 4.74 Å². The van der Waals surface area contributed by atoms with E-state index in [0.717, 1.165) is 12.3 Å². The maximum atomic E-state index is 5.63. The van der Waals surface area contributed by atoms with E-state index in [2.05, 4.69) is 41.3 Å². The molecule has 2 aromatic rings. The average Bonchev–Trinajstić information content (AvgIpc) is 2.45. The molecule has 0 aliphatic carbocycles. The van der Waals surface area contributed by atoms with Crippen molar-refractivity contribution in [3.8, 4) is 5.75 Å². The van der Waals surface area contributed by atoms with Crippen molar-refractivity contribution in [2.75, 3.05) is 0 Å². The molecule has 0 aliphatic heterocycles. The van der Waals surface area contributed by atoms with Gasteiger partial charge in [0.15, 0.2) is 5.82 Å². The van der Waals surface area contributed by atoms with Gasteiger partial charge in [0.1, 0.15) is 12.4 Å². The predicted octanol–water partition coefficient (Wildman–Crippen LogP) is 2.55. The Hall–Kier alpha value is -1.94. The van der Waals surface area contributed by atoms with Crippen molar-refractivity contribution in [3.63, 3.8) is 0 Å². The fraction of sp³-hybridized carbons (Fsp3) is 0.333. The number of hydrogen-bond donors (Lipinski definition) is 1.